The van der Waals surface area contributed by atoms with Gasteiger partial charge in [-0.25, -0.2) is 9.80 Å². The van der Waals surface area contributed by atoms with Crippen molar-refractivity contribution in [3.8, 4) is 6.07 Å². The zero-order valence-electron chi connectivity index (χ0n) is 18.8. The standard InChI is InChI=1S/C17H28N6O4.C3H8/c1-4-12(2)15-16(25)20(7-5-9-27-3)10-13-22(15)14(24)11-21(8-6-18)23(13)17(19)26;1-3-2/h12-13,15H,4-5,7-11H2,1-3H3,(H2,19,26);3H2,1-2H3/t12?,13?,15-;/m0./s1. The first-order valence-electron chi connectivity index (χ1n) is 10.6. The molecule has 2 rings (SSSR count). The fourth-order valence-corrected chi connectivity index (χ4v) is 3.73. The number of fused-ring (bicyclic) bond motifs is 1. The third-order valence-corrected chi connectivity index (χ3v) is 5.20. The first-order chi connectivity index (χ1) is 14.3. The van der Waals surface area contributed by atoms with E-state index in [0.29, 0.717) is 26.0 Å². The van der Waals surface area contributed by atoms with Crippen molar-refractivity contribution in [2.24, 2.45) is 11.7 Å². The zero-order chi connectivity index (χ0) is 22.8. The normalized spacial score (nSPS) is 22.7. The Morgan fingerprint density at radius 3 is 2.47 bits per heavy atom. The molecule has 0 saturated carbocycles. The van der Waals surface area contributed by atoms with Crippen LogP contribution in [0.5, 0.6) is 0 Å². The molecule has 2 aliphatic heterocycles. The molecule has 4 amide bonds. The van der Waals surface area contributed by atoms with E-state index in [1.54, 1.807) is 12.0 Å². The molecular weight excluding hydrogens is 388 g/mol. The van der Waals surface area contributed by atoms with Gasteiger partial charge in [-0.1, -0.05) is 40.5 Å². The quantitative estimate of drug-likeness (QED) is 0.480. The summed E-state index contributed by atoms with van der Waals surface area (Å²) in [7, 11) is 1.59. The lowest BCUT2D eigenvalue weighted by molar-refractivity contribution is -0.191. The van der Waals surface area contributed by atoms with Gasteiger partial charge >= 0.3 is 6.03 Å². The molecule has 0 spiro atoms. The molecular formula is C20H36N6O4. The van der Waals surface area contributed by atoms with Gasteiger partial charge in [0.1, 0.15) is 18.8 Å². The summed E-state index contributed by atoms with van der Waals surface area (Å²) < 4.78 is 5.06. The average Bonchev–Trinajstić information content (AvgIpc) is 2.69. The molecule has 2 heterocycles. The van der Waals surface area contributed by atoms with E-state index < -0.39 is 18.2 Å². The largest absolute Gasteiger partial charge is 0.385 e. The third-order valence-electron chi connectivity index (χ3n) is 5.20. The van der Waals surface area contributed by atoms with Gasteiger partial charge in [0.25, 0.3) is 0 Å². The Bertz CT molecular complexity index is 637. The van der Waals surface area contributed by atoms with Crippen LogP contribution >= 0.6 is 0 Å². The number of ether oxygens (including phenoxy) is 1. The number of nitrogens with zero attached hydrogens (tertiary/aromatic N) is 5. The summed E-state index contributed by atoms with van der Waals surface area (Å²) in [5.41, 5.74) is 5.57. The summed E-state index contributed by atoms with van der Waals surface area (Å²) in [6.07, 6.45) is 1.89. The lowest BCUT2D eigenvalue weighted by atomic mass is 9.92. The van der Waals surface area contributed by atoms with E-state index in [1.165, 1.54) is 21.3 Å². The van der Waals surface area contributed by atoms with Gasteiger partial charge in [0, 0.05) is 20.3 Å². The minimum Gasteiger partial charge on any atom is -0.385 e. The number of hydrazine groups is 1. The summed E-state index contributed by atoms with van der Waals surface area (Å²) in [5.74, 6) is -0.474. The van der Waals surface area contributed by atoms with Gasteiger partial charge in [-0.2, -0.15) is 10.3 Å². The molecule has 2 fully saturated rings. The van der Waals surface area contributed by atoms with Crippen molar-refractivity contribution in [1.29, 1.82) is 5.26 Å². The number of primary amides is 1. The van der Waals surface area contributed by atoms with Crippen LogP contribution in [0.1, 0.15) is 47.0 Å². The molecule has 2 N–H and O–H groups in total. The Morgan fingerprint density at radius 1 is 1.33 bits per heavy atom. The molecule has 0 aromatic rings. The fourth-order valence-electron chi connectivity index (χ4n) is 3.73. The van der Waals surface area contributed by atoms with Gasteiger partial charge in [0.2, 0.25) is 11.8 Å². The van der Waals surface area contributed by atoms with Crippen LogP contribution in [-0.2, 0) is 14.3 Å². The number of hydrogen-bond acceptors (Lipinski definition) is 6. The molecule has 170 valence electrons. The number of hydrogen-bond donors (Lipinski definition) is 1. The zero-order valence-corrected chi connectivity index (χ0v) is 18.8. The highest BCUT2D eigenvalue weighted by Crippen LogP contribution is 2.30. The highest BCUT2D eigenvalue weighted by atomic mass is 16.5. The van der Waals surface area contributed by atoms with Crippen LogP contribution in [0.25, 0.3) is 0 Å². The summed E-state index contributed by atoms with van der Waals surface area (Å²) in [5, 5.41) is 11.6. The number of nitrogens with two attached hydrogens (primary N) is 1. The number of nitriles is 1. The molecule has 3 atom stereocenters. The average molecular weight is 425 g/mol. The van der Waals surface area contributed by atoms with E-state index in [2.05, 4.69) is 13.8 Å². The van der Waals surface area contributed by atoms with E-state index in [0.717, 1.165) is 0 Å². The SMILES string of the molecule is CCC.CCC(C)[C@H]1C(=O)N(CCCOC)CC2N1C(=O)CN(CC#N)N2C(N)=O. The van der Waals surface area contributed by atoms with E-state index in [4.69, 9.17) is 15.7 Å². The summed E-state index contributed by atoms with van der Waals surface area (Å²) in [6.45, 7) is 8.96. The number of carbonyl (C=O) groups is 3. The van der Waals surface area contributed by atoms with Crippen LogP contribution in [0.2, 0.25) is 0 Å². The summed E-state index contributed by atoms with van der Waals surface area (Å²) in [6, 6.07) is 0.548. The lowest BCUT2D eigenvalue weighted by Crippen LogP contribution is -2.77. The molecule has 30 heavy (non-hydrogen) atoms. The fraction of sp³-hybridized carbons (Fsp3) is 0.800. The van der Waals surface area contributed by atoms with Crippen LogP contribution in [0.15, 0.2) is 0 Å². The minimum atomic E-state index is -0.748. The monoisotopic (exact) mass is 424 g/mol. The maximum Gasteiger partial charge on any atom is 0.331 e. The van der Waals surface area contributed by atoms with Gasteiger partial charge in [-0.3, -0.25) is 9.59 Å². The number of piperazine rings is 1. The predicted molar refractivity (Wildman–Crippen MR) is 112 cm³/mol. The number of rotatable bonds is 7. The van der Waals surface area contributed by atoms with Crippen molar-refractivity contribution in [2.45, 2.75) is 59.2 Å². The summed E-state index contributed by atoms with van der Waals surface area (Å²) >= 11 is 0. The Hall–Kier alpha value is -2.38. The lowest BCUT2D eigenvalue weighted by Gasteiger charge is -2.55. The van der Waals surface area contributed by atoms with Crippen molar-refractivity contribution >= 4 is 17.8 Å². The second-order valence-corrected chi connectivity index (χ2v) is 7.61. The maximum absolute atomic E-state index is 13.1. The number of methoxy groups -OCH3 is 1. The van der Waals surface area contributed by atoms with E-state index in [1.807, 2.05) is 19.9 Å². The smallest absolute Gasteiger partial charge is 0.331 e. The van der Waals surface area contributed by atoms with Crippen LogP contribution < -0.4 is 5.73 Å². The van der Waals surface area contributed by atoms with Crippen molar-refractivity contribution in [2.75, 3.05) is 39.9 Å². The van der Waals surface area contributed by atoms with Gasteiger partial charge in [-0.15, -0.1) is 0 Å². The van der Waals surface area contributed by atoms with Crippen molar-refractivity contribution in [3.05, 3.63) is 0 Å². The molecule has 10 heteroatoms. The molecule has 0 aliphatic carbocycles. The van der Waals surface area contributed by atoms with Crippen molar-refractivity contribution in [3.63, 3.8) is 0 Å². The molecule has 2 aliphatic rings. The molecule has 2 saturated heterocycles. The van der Waals surface area contributed by atoms with Crippen LogP contribution in [0.4, 0.5) is 4.79 Å². The molecule has 0 aromatic heterocycles. The number of amides is 4. The van der Waals surface area contributed by atoms with Gasteiger partial charge in [0.15, 0.2) is 0 Å². The van der Waals surface area contributed by atoms with E-state index in [9.17, 15) is 14.4 Å². The highest BCUT2D eigenvalue weighted by Gasteiger charge is 2.52. The Labute approximate surface area is 179 Å². The van der Waals surface area contributed by atoms with Crippen molar-refractivity contribution < 1.29 is 19.1 Å². The Balaban J connectivity index is 0.00000141. The van der Waals surface area contributed by atoms with Gasteiger partial charge in [-0.05, 0) is 12.3 Å². The van der Waals surface area contributed by atoms with E-state index in [-0.39, 0.29) is 37.4 Å². The molecule has 0 aromatic carbocycles. The maximum atomic E-state index is 13.1. The highest BCUT2D eigenvalue weighted by molar-refractivity contribution is 5.91. The molecule has 10 nitrogen and oxygen atoms in total. The Kier molecular flexibility index (Phi) is 10.6. The van der Waals surface area contributed by atoms with Crippen LogP contribution in [0, 0.1) is 17.2 Å². The van der Waals surface area contributed by atoms with Gasteiger partial charge in [0.05, 0.1) is 19.2 Å². The second kappa shape index (κ2) is 12.3. The third kappa shape index (κ3) is 5.83. The second-order valence-electron chi connectivity index (χ2n) is 7.61. The predicted octanol–water partition coefficient (Wildman–Crippen LogP) is 0.986. The first-order valence-corrected chi connectivity index (χ1v) is 10.6. The minimum absolute atomic E-state index is 0.0774. The molecule has 0 bridgehead atoms. The molecule has 2 unspecified atom stereocenters. The summed E-state index contributed by atoms with van der Waals surface area (Å²) in [4.78, 5) is 41.2. The number of carbonyl (C=O) groups excluding carboxylic acids is 3. The van der Waals surface area contributed by atoms with Crippen molar-refractivity contribution in [1.82, 2.24) is 19.8 Å². The van der Waals surface area contributed by atoms with Crippen LogP contribution in [0.3, 0.4) is 0 Å². The topological polar surface area (TPSA) is 123 Å². The first kappa shape index (κ1) is 25.7. The number of urea groups is 1. The molecule has 0 radical (unpaired) electrons. The van der Waals surface area contributed by atoms with Gasteiger partial charge < -0.3 is 20.3 Å². The van der Waals surface area contributed by atoms with E-state index >= 15 is 0 Å². The Morgan fingerprint density at radius 2 is 1.97 bits per heavy atom. The van der Waals surface area contributed by atoms with Crippen LogP contribution in [-0.4, -0.2) is 89.8 Å².